The molecule has 0 unspecified atom stereocenters. The Morgan fingerprint density at radius 3 is 2.59 bits per heavy atom. The number of benzene rings is 1. The number of nitrogens with zero attached hydrogens (tertiary/aromatic N) is 1. The summed E-state index contributed by atoms with van der Waals surface area (Å²) in [6.45, 7) is 1.89. The molecule has 0 atom stereocenters. The summed E-state index contributed by atoms with van der Waals surface area (Å²) in [6, 6.07) is 5.14. The molecule has 5 heteroatoms. The van der Waals surface area contributed by atoms with Crippen molar-refractivity contribution in [1.29, 1.82) is 0 Å². The van der Waals surface area contributed by atoms with Crippen LogP contribution in [0.3, 0.4) is 0 Å². The Balaban J connectivity index is 2.28. The Bertz CT molecular complexity index is 560. The number of aryl methyl sites for hydroxylation is 1. The fourth-order valence-electron chi connectivity index (χ4n) is 1.25. The van der Waals surface area contributed by atoms with Crippen molar-refractivity contribution in [2.75, 3.05) is 0 Å². The molecule has 2 aromatic rings. The zero-order chi connectivity index (χ0) is 12.4. The lowest BCUT2D eigenvalue weighted by atomic mass is 10.3. The average Bonchev–Trinajstić information content (AvgIpc) is 2.27. The molecule has 17 heavy (non-hydrogen) atoms. The second-order valence-electron chi connectivity index (χ2n) is 3.48. The number of aromatic nitrogens is 1. The zero-order valence-electron chi connectivity index (χ0n) is 8.88. The fourth-order valence-corrected chi connectivity index (χ4v) is 1.79. The van der Waals surface area contributed by atoms with Gasteiger partial charge >= 0.3 is 0 Å². The lowest BCUT2D eigenvalue weighted by molar-refractivity contribution is 0.445. The molecule has 0 saturated carbocycles. The van der Waals surface area contributed by atoms with Crippen molar-refractivity contribution in [2.45, 2.75) is 6.92 Å². The monoisotopic (exact) mass is 299 g/mol. The number of rotatable bonds is 2. The first-order valence-electron chi connectivity index (χ1n) is 4.81. The molecule has 0 bridgehead atoms. The van der Waals surface area contributed by atoms with Gasteiger partial charge < -0.3 is 4.74 Å². The molecule has 0 saturated heterocycles. The van der Waals surface area contributed by atoms with Crippen LogP contribution in [0.15, 0.2) is 34.9 Å². The van der Waals surface area contributed by atoms with Crippen LogP contribution in [0, 0.1) is 18.6 Å². The van der Waals surface area contributed by atoms with E-state index in [4.69, 9.17) is 4.74 Å². The van der Waals surface area contributed by atoms with Gasteiger partial charge in [-0.2, -0.15) is 0 Å². The van der Waals surface area contributed by atoms with Crippen molar-refractivity contribution in [3.63, 3.8) is 0 Å². The molecule has 88 valence electrons. The van der Waals surface area contributed by atoms with Gasteiger partial charge in [0.1, 0.15) is 5.75 Å². The Morgan fingerprint density at radius 1 is 1.18 bits per heavy atom. The second-order valence-corrected chi connectivity index (χ2v) is 4.33. The van der Waals surface area contributed by atoms with E-state index >= 15 is 0 Å². The lowest BCUT2D eigenvalue weighted by Crippen LogP contribution is -1.92. The average molecular weight is 300 g/mol. The molecule has 1 heterocycles. The largest absolute Gasteiger partial charge is 0.438 e. The van der Waals surface area contributed by atoms with E-state index in [2.05, 4.69) is 20.9 Å². The highest BCUT2D eigenvalue weighted by Gasteiger charge is 2.07. The first-order chi connectivity index (χ1) is 8.06. The summed E-state index contributed by atoms with van der Waals surface area (Å²) in [5, 5.41) is 0. The van der Waals surface area contributed by atoms with Crippen LogP contribution in [0.5, 0.6) is 11.6 Å². The zero-order valence-corrected chi connectivity index (χ0v) is 10.5. The third-order valence-corrected chi connectivity index (χ3v) is 2.62. The summed E-state index contributed by atoms with van der Waals surface area (Å²) in [7, 11) is 0. The van der Waals surface area contributed by atoms with E-state index in [1.54, 1.807) is 6.20 Å². The van der Waals surface area contributed by atoms with Gasteiger partial charge in [0.05, 0.1) is 4.47 Å². The first kappa shape index (κ1) is 12.0. The van der Waals surface area contributed by atoms with Crippen LogP contribution in [0.2, 0.25) is 0 Å². The predicted octanol–water partition coefficient (Wildman–Crippen LogP) is 4.22. The molecule has 1 aromatic carbocycles. The van der Waals surface area contributed by atoms with Crippen LogP contribution in [0.1, 0.15) is 5.56 Å². The number of halogens is 3. The van der Waals surface area contributed by atoms with Crippen LogP contribution in [-0.4, -0.2) is 4.98 Å². The molecule has 0 amide bonds. The van der Waals surface area contributed by atoms with Gasteiger partial charge in [0.2, 0.25) is 5.88 Å². The van der Waals surface area contributed by atoms with Gasteiger partial charge in [0.15, 0.2) is 11.6 Å². The highest BCUT2D eigenvalue weighted by Crippen LogP contribution is 2.28. The molecule has 1 aromatic heterocycles. The molecule has 0 spiro atoms. The third kappa shape index (κ3) is 2.79. The number of ether oxygens (including phenoxy) is 1. The van der Waals surface area contributed by atoms with Gasteiger partial charge in [-0.25, -0.2) is 13.8 Å². The highest BCUT2D eigenvalue weighted by molar-refractivity contribution is 9.10. The van der Waals surface area contributed by atoms with E-state index < -0.39 is 11.6 Å². The minimum Gasteiger partial charge on any atom is -0.438 e. The topological polar surface area (TPSA) is 22.1 Å². The SMILES string of the molecule is Cc1cnc(Oc2ccc(F)c(F)c2)c(Br)c1. The second kappa shape index (κ2) is 4.79. The maximum absolute atomic E-state index is 13.0. The molecule has 0 aliphatic carbocycles. The van der Waals surface area contributed by atoms with Crippen LogP contribution in [0.4, 0.5) is 8.78 Å². The Labute approximate surface area is 105 Å². The summed E-state index contributed by atoms with van der Waals surface area (Å²) in [5.41, 5.74) is 0.967. The van der Waals surface area contributed by atoms with Crippen molar-refractivity contribution in [3.8, 4) is 11.6 Å². The normalized spacial score (nSPS) is 10.4. The molecule has 0 N–H and O–H groups in total. The van der Waals surface area contributed by atoms with E-state index in [0.717, 1.165) is 17.7 Å². The van der Waals surface area contributed by atoms with E-state index in [1.165, 1.54) is 6.07 Å². The number of hydrogen-bond acceptors (Lipinski definition) is 2. The molecule has 2 rings (SSSR count). The Hall–Kier alpha value is -1.49. The van der Waals surface area contributed by atoms with Gasteiger partial charge in [0, 0.05) is 12.3 Å². The van der Waals surface area contributed by atoms with E-state index in [9.17, 15) is 8.78 Å². The molecular weight excluding hydrogens is 292 g/mol. The van der Waals surface area contributed by atoms with Gasteiger partial charge in [0.25, 0.3) is 0 Å². The summed E-state index contributed by atoms with van der Waals surface area (Å²) in [6.07, 6.45) is 1.62. The van der Waals surface area contributed by atoms with Crippen molar-refractivity contribution >= 4 is 15.9 Å². The van der Waals surface area contributed by atoms with E-state index in [1.807, 2.05) is 13.0 Å². The summed E-state index contributed by atoms with van der Waals surface area (Å²) in [4.78, 5) is 4.04. The number of pyridine rings is 1. The summed E-state index contributed by atoms with van der Waals surface area (Å²) < 4.78 is 31.7. The van der Waals surface area contributed by atoms with Crippen molar-refractivity contribution in [3.05, 3.63) is 52.1 Å². The summed E-state index contributed by atoms with van der Waals surface area (Å²) >= 11 is 3.28. The van der Waals surface area contributed by atoms with Crippen molar-refractivity contribution in [2.24, 2.45) is 0 Å². The van der Waals surface area contributed by atoms with Gasteiger partial charge in [-0.05, 0) is 46.6 Å². The minimum atomic E-state index is -0.953. The summed E-state index contributed by atoms with van der Waals surface area (Å²) in [5.74, 6) is -1.36. The maximum atomic E-state index is 13.0. The fraction of sp³-hybridized carbons (Fsp3) is 0.0833. The van der Waals surface area contributed by atoms with Crippen LogP contribution in [0.25, 0.3) is 0 Å². The van der Waals surface area contributed by atoms with Crippen molar-refractivity contribution in [1.82, 2.24) is 4.98 Å². The quantitative estimate of drug-likeness (QED) is 0.828. The van der Waals surface area contributed by atoms with Gasteiger partial charge in [-0.15, -0.1) is 0 Å². The lowest BCUT2D eigenvalue weighted by Gasteiger charge is -2.07. The van der Waals surface area contributed by atoms with Crippen molar-refractivity contribution < 1.29 is 13.5 Å². The standard InChI is InChI=1S/C12H8BrF2NO/c1-7-4-9(13)12(16-6-7)17-8-2-3-10(14)11(15)5-8/h2-6H,1H3. The Kier molecular flexibility index (Phi) is 3.38. The Morgan fingerprint density at radius 2 is 1.94 bits per heavy atom. The molecule has 0 radical (unpaired) electrons. The van der Waals surface area contributed by atoms with Crippen LogP contribution < -0.4 is 4.74 Å². The maximum Gasteiger partial charge on any atom is 0.233 e. The molecule has 0 aliphatic rings. The third-order valence-electron chi connectivity index (χ3n) is 2.05. The smallest absolute Gasteiger partial charge is 0.233 e. The predicted molar refractivity (Wildman–Crippen MR) is 63.1 cm³/mol. The molecule has 0 aliphatic heterocycles. The van der Waals surface area contributed by atoms with Gasteiger partial charge in [-0.3, -0.25) is 0 Å². The molecule has 2 nitrogen and oxygen atoms in total. The minimum absolute atomic E-state index is 0.195. The van der Waals surface area contributed by atoms with Crippen LogP contribution in [-0.2, 0) is 0 Å². The molecule has 0 fully saturated rings. The molecular formula is C12H8BrF2NO. The van der Waals surface area contributed by atoms with Gasteiger partial charge in [-0.1, -0.05) is 0 Å². The number of hydrogen-bond donors (Lipinski definition) is 0. The van der Waals surface area contributed by atoms with Crippen LogP contribution >= 0.6 is 15.9 Å². The van der Waals surface area contributed by atoms with E-state index in [0.29, 0.717) is 10.4 Å². The first-order valence-corrected chi connectivity index (χ1v) is 5.60. The van der Waals surface area contributed by atoms with E-state index in [-0.39, 0.29) is 5.75 Å². The highest BCUT2D eigenvalue weighted by atomic mass is 79.9.